The van der Waals surface area contributed by atoms with Gasteiger partial charge >= 0.3 is 42.6 Å². The number of hydrogen-bond donors (Lipinski definition) is 1. The van der Waals surface area contributed by atoms with Crippen LogP contribution >= 0.6 is 27.9 Å². The average molecular weight is 171 g/mol. The molecule has 0 aromatic rings. The molecule has 0 bridgehead atoms. The molecule has 0 aromatic heterocycles. The first-order valence-corrected chi connectivity index (χ1v) is 7.01. The molecule has 0 aliphatic heterocycles. The van der Waals surface area contributed by atoms with Crippen molar-refractivity contribution in [2.45, 2.75) is 0 Å². The van der Waals surface area contributed by atoms with E-state index in [1.54, 1.807) is 0 Å². The average Bonchev–Trinajstić information content (AvgIpc) is 0.811. The summed E-state index contributed by atoms with van der Waals surface area (Å²) >= 11 is -1.92. The third-order valence-electron chi connectivity index (χ3n) is 0. The summed E-state index contributed by atoms with van der Waals surface area (Å²) in [4.78, 5) is 0. The van der Waals surface area contributed by atoms with Crippen molar-refractivity contribution in [1.82, 2.24) is 6.15 Å². The fourth-order valence-electron chi connectivity index (χ4n) is 0. The van der Waals surface area contributed by atoms with Crippen LogP contribution < -0.4 is 6.15 Å². The van der Waals surface area contributed by atoms with E-state index in [9.17, 15) is 0 Å². The van der Waals surface area contributed by atoms with E-state index >= 15 is 0 Å². The van der Waals surface area contributed by atoms with Gasteiger partial charge in [-0.1, -0.05) is 0 Å². The standard InChI is InChI=1S/3ClH.H3N.Ti/h3*1H;1H3;/q;;;;+3/p-3. The molecule has 0 aliphatic rings. The molecule has 0 atom stereocenters. The molecule has 3 N–H and O–H groups in total. The van der Waals surface area contributed by atoms with Crippen LogP contribution in [0.4, 0.5) is 0 Å². The van der Waals surface area contributed by atoms with Crippen molar-refractivity contribution in [1.29, 1.82) is 0 Å². The van der Waals surface area contributed by atoms with Gasteiger partial charge < -0.3 is 6.15 Å². The van der Waals surface area contributed by atoms with Gasteiger partial charge in [0.1, 0.15) is 0 Å². The van der Waals surface area contributed by atoms with Gasteiger partial charge in [-0.05, 0) is 0 Å². The SMILES string of the molecule is N.[Cl][Ti]([Cl])[Cl]. The second kappa shape index (κ2) is 5.54. The maximum atomic E-state index is 4.97. The van der Waals surface area contributed by atoms with Gasteiger partial charge in [0.05, 0.1) is 0 Å². The summed E-state index contributed by atoms with van der Waals surface area (Å²) in [6.07, 6.45) is 0. The molecule has 0 saturated carbocycles. The second-order valence-corrected chi connectivity index (χ2v) is 7.95. The van der Waals surface area contributed by atoms with E-state index in [4.69, 9.17) is 27.9 Å². The van der Waals surface area contributed by atoms with Crippen molar-refractivity contribution in [2.24, 2.45) is 0 Å². The van der Waals surface area contributed by atoms with Crippen molar-refractivity contribution in [3.63, 3.8) is 0 Å². The second-order valence-electron chi connectivity index (χ2n) is 0.214. The number of hydrogen-bond acceptors (Lipinski definition) is 1. The third-order valence-corrected chi connectivity index (χ3v) is 0. The van der Waals surface area contributed by atoms with Crippen LogP contribution in [-0.4, -0.2) is 0 Å². The monoisotopic (exact) mass is 170 g/mol. The molecule has 0 amide bonds. The first-order chi connectivity index (χ1) is 1.73. The van der Waals surface area contributed by atoms with Crippen molar-refractivity contribution in [3.8, 4) is 0 Å². The van der Waals surface area contributed by atoms with Crippen molar-refractivity contribution < 1.29 is 14.7 Å². The number of halogens is 3. The summed E-state index contributed by atoms with van der Waals surface area (Å²) in [6.45, 7) is 0. The van der Waals surface area contributed by atoms with Crippen LogP contribution in [0.2, 0.25) is 0 Å². The molecule has 0 aliphatic carbocycles. The van der Waals surface area contributed by atoms with E-state index in [0.29, 0.717) is 0 Å². The van der Waals surface area contributed by atoms with Gasteiger partial charge in [0.25, 0.3) is 0 Å². The van der Waals surface area contributed by atoms with Crippen molar-refractivity contribution >= 4 is 27.9 Å². The Bertz CT molecular complexity index is 11.6. The fourth-order valence-corrected chi connectivity index (χ4v) is 0. The summed E-state index contributed by atoms with van der Waals surface area (Å²) in [6, 6.07) is 0. The summed E-state index contributed by atoms with van der Waals surface area (Å²) < 4.78 is 0. The van der Waals surface area contributed by atoms with Gasteiger partial charge in [-0.3, -0.25) is 0 Å². The van der Waals surface area contributed by atoms with Crippen molar-refractivity contribution in [3.05, 3.63) is 0 Å². The maximum absolute atomic E-state index is 4.97. The Morgan fingerprint density at radius 1 is 1.00 bits per heavy atom. The predicted molar refractivity (Wildman–Crippen MR) is 22.6 cm³/mol. The van der Waals surface area contributed by atoms with Gasteiger partial charge in [0, 0.05) is 0 Å². The van der Waals surface area contributed by atoms with Crippen LogP contribution in [0.3, 0.4) is 0 Å². The molecule has 0 saturated heterocycles. The van der Waals surface area contributed by atoms with E-state index in [0.717, 1.165) is 0 Å². The van der Waals surface area contributed by atoms with Gasteiger partial charge in [-0.25, -0.2) is 0 Å². The van der Waals surface area contributed by atoms with Gasteiger partial charge in [0.15, 0.2) is 0 Å². The molecular formula is H3Cl3NTi. The minimum absolute atomic E-state index is 0. The van der Waals surface area contributed by atoms with Crippen LogP contribution in [0.25, 0.3) is 0 Å². The quantitative estimate of drug-likeness (QED) is 0.557. The molecule has 5 heteroatoms. The van der Waals surface area contributed by atoms with Gasteiger partial charge in [-0.2, -0.15) is 0 Å². The molecule has 5 heavy (non-hydrogen) atoms. The normalized spacial score (nSPS) is 5.40. The van der Waals surface area contributed by atoms with Gasteiger partial charge in [0.2, 0.25) is 0 Å². The molecule has 0 rings (SSSR count). The summed E-state index contributed by atoms with van der Waals surface area (Å²) in [7, 11) is 14.9. The molecule has 0 unspecified atom stereocenters. The Morgan fingerprint density at radius 3 is 1.00 bits per heavy atom. The van der Waals surface area contributed by atoms with Crippen LogP contribution in [0.15, 0.2) is 0 Å². The summed E-state index contributed by atoms with van der Waals surface area (Å²) in [5.74, 6) is 0. The predicted octanol–water partition coefficient (Wildman–Crippen LogP) is 2.23. The van der Waals surface area contributed by atoms with E-state index < -0.39 is 14.7 Å². The van der Waals surface area contributed by atoms with Crippen LogP contribution in [0.1, 0.15) is 0 Å². The zero-order valence-electron chi connectivity index (χ0n) is 2.34. The molecule has 0 spiro atoms. The molecule has 0 fully saturated rings. The van der Waals surface area contributed by atoms with E-state index in [1.807, 2.05) is 0 Å². The van der Waals surface area contributed by atoms with Crippen LogP contribution in [-0.2, 0) is 14.7 Å². The molecular weight excluding hydrogens is 168 g/mol. The summed E-state index contributed by atoms with van der Waals surface area (Å²) in [5, 5.41) is 0. The topological polar surface area (TPSA) is 35.0 Å². The van der Waals surface area contributed by atoms with E-state index in [1.165, 1.54) is 0 Å². The molecule has 33 valence electrons. The Balaban J connectivity index is 0. The van der Waals surface area contributed by atoms with E-state index in [-0.39, 0.29) is 6.15 Å². The first-order valence-electron chi connectivity index (χ1n) is 0.567. The molecule has 0 aromatic carbocycles. The first kappa shape index (κ1) is 9.74. The Morgan fingerprint density at radius 2 is 1.00 bits per heavy atom. The zero-order valence-corrected chi connectivity index (χ0v) is 6.17. The van der Waals surface area contributed by atoms with Gasteiger partial charge in [-0.15, -0.1) is 0 Å². The van der Waals surface area contributed by atoms with Crippen molar-refractivity contribution in [2.75, 3.05) is 0 Å². The molecule has 1 nitrogen and oxygen atoms in total. The minimum atomic E-state index is -1.92. The third kappa shape index (κ3) is 29.2. The Kier molecular flexibility index (Phi) is 10.8. The van der Waals surface area contributed by atoms with E-state index in [2.05, 4.69) is 0 Å². The number of rotatable bonds is 0. The Labute approximate surface area is 48.6 Å². The Hall–Kier alpha value is 1.54. The molecule has 0 heterocycles. The zero-order chi connectivity index (χ0) is 3.58. The fraction of sp³-hybridized carbons (Fsp3) is 0. The van der Waals surface area contributed by atoms with Crippen LogP contribution in [0, 0.1) is 0 Å². The molecule has 0 radical (unpaired) electrons. The van der Waals surface area contributed by atoms with Crippen LogP contribution in [0.5, 0.6) is 0 Å². The summed E-state index contributed by atoms with van der Waals surface area (Å²) in [5.41, 5.74) is 0.